The Morgan fingerprint density at radius 3 is 2.25 bits per heavy atom. The van der Waals surface area contributed by atoms with Crippen molar-refractivity contribution in [3.63, 3.8) is 0 Å². The monoisotopic (exact) mass is 288 g/mol. The van der Waals surface area contributed by atoms with Crippen molar-refractivity contribution in [1.82, 2.24) is 15.5 Å². The van der Waals surface area contributed by atoms with E-state index in [4.69, 9.17) is 10.8 Å². The first-order valence-corrected chi connectivity index (χ1v) is 5.99. The number of carboxylic acid groups (broad SMARTS) is 1. The van der Waals surface area contributed by atoms with E-state index in [0.29, 0.717) is 0 Å². The molecule has 0 fully saturated rings. The van der Waals surface area contributed by atoms with E-state index in [2.05, 4.69) is 10.6 Å². The summed E-state index contributed by atoms with van der Waals surface area (Å²) in [6.45, 7) is 0.0883. The van der Waals surface area contributed by atoms with E-state index >= 15 is 0 Å². The van der Waals surface area contributed by atoms with Crippen LogP contribution in [-0.4, -0.2) is 60.5 Å². The summed E-state index contributed by atoms with van der Waals surface area (Å²) in [6, 6.07) is -1.92. The van der Waals surface area contributed by atoms with Gasteiger partial charge in [0.05, 0.1) is 0 Å². The zero-order valence-electron chi connectivity index (χ0n) is 11.5. The number of amides is 4. The van der Waals surface area contributed by atoms with Crippen LogP contribution in [0.1, 0.15) is 19.3 Å². The number of hydrogen-bond acceptors (Lipinski definition) is 4. The highest BCUT2D eigenvalue weighted by atomic mass is 16.4. The Bertz CT molecular complexity index is 383. The summed E-state index contributed by atoms with van der Waals surface area (Å²) >= 11 is 0. The number of rotatable bonds is 8. The third kappa shape index (κ3) is 7.90. The van der Waals surface area contributed by atoms with Crippen molar-refractivity contribution in [2.45, 2.75) is 25.3 Å². The van der Waals surface area contributed by atoms with Crippen LogP contribution in [0.15, 0.2) is 0 Å². The summed E-state index contributed by atoms with van der Waals surface area (Å²) < 4.78 is 0. The highest BCUT2D eigenvalue weighted by Gasteiger charge is 2.20. The molecule has 20 heavy (non-hydrogen) atoms. The lowest BCUT2D eigenvalue weighted by molar-refractivity contribution is -0.139. The molecular formula is C11H20N4O5. The first kappa shape index (κ1) is 17.7. The van der Waals surface area contributed by atoms with Crippen LogP contribution >= 0.6 is 0 Å². The number of carboxylic acids is 1. The van der Waals surface area contributed by atoms with Crippen molar-refractivity contribution in [3.05, 3.63) is 0 Å². The third-order valence-corrected chi connectivity index (χ3v) is 2.41. The smallest absolute Gasteiger partial charge is 0.326 e. The quantitative estimate of drug-likeness (QED) is 0.429. The van der Waals surface area contributed by atoms with Crippen molar-refractivity contribution in [2.75, 3.05) is 20.6 Å². The van der Waals surface area contributed by atoms with Gasteiger partial charge in [-0.05, 0) is 6.42 Å². The number of carbonyl (C=O) groups is 4. The van der Waals surface area contributed by atoms with Gasteiger partial charge in [0.1, 0.15) is 6.04 Å². The predicted octanol–water partition coefficient (Wildman–Crippen LogP) is -1.52. The van der Waals surface area contributed by atoms with Crippen molar-refractivity contribution in [3.8, 4) is 0 Å². The molecule has 0 aliphatic heterocycles. The predicted molar refractivity (Wildman–Crippen MR) is 69.7 cm³/mol. The third-order valence-electron chi connectivity index (χ3n) is 2.41. The summed E-state index contributed by atoms with van der Waals surface area (Å²) in [5.74, 6) is -2.06. The van der Waals surface area contributed by atoms with Gasteiger partial charge in [0.25, 0.3) is 0 Å². The number of nitrogens with one attached hydrogen (secondary N) is 2. The second-order valence-electron chi connectivity index (χ2n) is 4.33. The number of aliphatic carboxylic acids is 1. The number of nitrogens with zero attached hydrogens (tertiary/aromatic N) is 1. The van der Waals surface area contributed by atoms with Crippen LogP contribution in [0.2, 0.25) is 0 Å². The highest BCUT2D eigenvalue weighted by molar-refractivity contribution is 5.83. The largest absolute Gasteiger partial charge is 0.480 e. The molecule has 114 valence electrons. The molecule has 0 aliphatic carbocycles. The Morgan fingerprint density at radius 1 is 1.20 bits per heavy atom. The number of hydrogen-bond donors (Lipinski definition) is 4. The Hall–Kier alpha value is -2.32. The van der Waals surface area contributed by atoms with E-state index in [0.717, 1.165) is 0 Å². The maximum atomic E-state index is 11.4. The van der Waals surface area contributed by atoms with Crippen molar-refractivity contribution < 1.29 is 24.3 Å². The van der Waals surface area contributed by atoms with E-state index in [-0.39, 0.29) is 31.7 Å². The molecular weight excluding hydrogens is 268 g/mol. The minimum Gasteiger partial charge on any atom is -0.480 e. The molecule has 0 aromatic carbocycles. The molecule has 0 bridgehead atoms. The molecule has 0 heterocycles. The van der Waals surface area contributed by atoms with Crippen LogP contribution in [0.5, 0.6) is 0 Å². The van der Waals surface area contributed by atoms with Crippen molar-refractivity contribution in [2.24, 2.45) is 5.73 Å². The molecule has 0 saturated heterocycles. The van der Waals surface area contributed by atoms with Crippen LogP contribution in [0.25, 0.3) is 0 Å². The van der Waals surface area contributed by atoms with Gasteiger partial charge in [0.15, 0.2) is 0 Å². The fourth-order valence-corrected chi connectivity index (χ4v) is 1.26. The molecule has 0 aliphatic rings. The van der Waals surface area contributed by atoms with Crippen LogP contribution in [0, 0.1) is 0 Å². The lowest BCUT2D eigenvalue weighted by atomic mass is 10.1. The molecule has 1 atom stereocenters. The summed E-state index contributed by atoms with van der Waals surface area (Å²) in [5, 5.41) is 13.4. The fourth-order valence-electron chi connectivity index (χ4n) is 1.26. The Kier molecular flexibility index (Phi) is 7.71. The average Bonchev–Trinajstić information content (AvgIpc) is 2.33. The lowest BCUT2D eigenvalue weighted by Gasteiger charge is -2.15. The summed E-state index contributed by atoms with van der Waals surface area (Å²) in [5.41, 5.74) is 4.91. The Labute approximate surface area is 116 Å². The van der Waals surface area contributed by atoms with Gasteiger partial charge in [-0.3, -0.25) is 9.59 Å². The minimum absolute atomic E-state index is 0.0883. The van der Waals surface area contributed by atoms with Crippen molar-refractivity contribution >= 4 is 23.8 Å². The average molecular weight is 288 g/mol. The highest BCUT2D eigenvalue weighted by Crippen LogP contribution is 1.97. The molecule has 9 heteroatoms. The minimum atomic E-state index is -1.26. The van der Waals surface area contributed by atoms with Gasteiger partial charge >= 0.3 is 12.0 Å². The molecule has 5 N–H and O–H groups in total. The SMILES string of the molecule is CN(C)C(=O)CCNC(=O)N[C@@H](CCC(N)=O)C(=O)O. The van der Waals surface area contributed by atoms with Gasteiger partial charge in [-0.15, -0.1) is 0 Å². The molecule has 0 aromatic heterocycles. The zero-order chi connectivity index (χ0) is 15.7. The second-order valence-corrected chi connectivity index (χ2v) is 4.33. The van der Waals surface area contributed by atoms with E-state index in [1.165, 1.54) is 4.90 Å². The van der Waals surface area contributed by atoms with Gasteiger partial charge < -0.3 is 26.4 Å². The molecule has 4 amide bonds. The molecule has 0 rings (SSSR count). The first-order chi connectivity index (χ1) is 9.23. The van der Waals surface area contributed by atoms with Crippen LogP contribution < -0.4 is 16.4 Å². The van der Waals surface area contributed by atoms with Crippen LogP contribution in [-0.2, 0) is 14.4 Å². The Balaban J connectivity index is 4.10. The van der Waals surface area contributed by atoms with E-state index < -0.39 is 23.9 Å². The summed E-state index contributed by atoms with van der Waals surface area (Å²) in [7, 11) is 3.18. The summed E-state index contributed by atoms with van der Waals surface area (Å²) in [6.07, 6.45) is -0.121. The van der Waals surface area contributed by atoms with E-state index in [1.54, 1.807) is 14.1 Å². The maximum Gasteiger partial charge on any atom is 0.326 e. The number of primary amides is 1. The Morgan fingerprint density at radius 2 is 1.80 bits per heavy atom. The van der Waals surface area contributed by atoms with Crippen molar-refractivity contribution in [1.29, 1.82) is 0 Å². The van der Waals surface area contributed by atoms with E-state index in [9.17, 15) is 19.2 Å². The normalized spacial score (nSPS) is 11.3. The molecule has 0 spiro atoms. The number of carbonyl (C=O) groups excluding carboxylic acids is 3. The topological polar surface area (TPSA) is 142 Å². The number of nitrogens with two attached hydrogens (primary N) is 1. The van der Waals surface area contributed by atoms with E-state index in [1.807, 2.05) is 0 Å². The first-order valence-electron chi connectivity index (χ1n) is 5.99. The van der Waals surface area contributed by atoms with Gasteiger partial charge in [-0.2, -0.15) is 0 Å². The molecule has 0 saturated carbocycles. The molecule has 0 aromatic rings. The van der Waals surface area contributed by atoms with Gasteiger partial charge in [-0.25, -0.2) is 9.59 Å². The second kappa shape index (κ2) is 8.73. The number of urea groups is 1. The molecule has 9 nitrogen and oxygen atoms in total. The standard InChI is InChI=1S/C11H20N4O5/c1-15(2)9(17)5-6-13-11(20)14-7(10(18)19)3-4-8(12)16/h7H,3-6H2,1-2H3,(H2,12,16)(H,18,19)(H2,13,14,20)/t7-/m0/s1. The zero-order valence-corrected chi connectivity index (χ0v) is 11.5. The van der Waals surface area contributed by atoms with Crippen LogP contribution in [0.4, 0.5) is 4.79 Å². The van der Waals surface area contributed by atoms with Gasteiger partial charge in [0, 0.05) is 33.5 Å². The summed E-state index contributed by atoms with van der Waals surface area (Å²) in [4.78, 5) is 45.5. The maximum absolute atomic E-state index is 11.4. The lowest BCUT2D eigenvalue weighted by Crippen LogP contribution is -2.47. The fraction of sp³-hybridized carbons (Fsp3) is 0.636. The van der Waals surface area contributed by atoms with Gasteiger partial charge in [-0.1, -0.05) is 0 Å². The molecule has 0 radical (unpaired) electrons. The van der Waals surface area contributed by atoms with Crippen LogP contribution in [0.3, 0.4) is 0 Å². The molecule has 0 unspecified atom stereocenters. The van der Waals surface area contributed by atoms with Gasteiger partial charge in [0.2, 0.25) is 11.8 Å².